The van der Waals surface area contributed by atoms with Crippen molar-refractivity contribution in [2.75, 3.05) is 19.7 Å². The van der Waals surface area contributed by atoms with Crippen LogP contribution < -0.4 is 5.32 Å². The van der Waals surface area contributed by atoms with Gasteiger partial charge in [0.1, 0.15) is 0 Å². The largest absolute Gasteiger partial charge is 0.393 e. The second kappa shape index (κ2) is 6.91. The summed E-state index contributed by atoms with van der Waals surface area (Å²) in [5.74, 6) is 0. The van der Waals surface area contributed by atoms with E-state index in [-0.39, 0.29) is 13.2 Å². The van der Waals surface area contributed by atoms with Crippen molar-refractivity contribution in [2.24, 2.45) is 0 Å². The first kappa shape index (κ1) is 16.9. The summed E-state index contributed by atoms with van der Waals surface area (Å²) >= 11 is 0. The van der Waals surface area contributed by atoms with E-state index < -0.39 is 11.7 Å². The monoisotopic (exact) mass is 328 g/mol. The molecule has 0 amide bonds. The number of aliphatic hydroxyl groups excluding tert-OH is 2. The van der Waals surface area contributed by atoms with Gasteiger partial charge in [-0.25, -0.2) is 0 Å². The molecule has 2 aromatic carbocycles. The third kappa shape index (κ3) is 3.44. The summed E-state index contributed by atoms with van der Waals surface area (Å²) in [4.78, 5) is 0. The van der Waals surface area contributed by atoms with Gasteiger partial charge in [0.15, 0.2) is 0 Å². The van der Waals surface area contributed by atoms with Gasteiger partial charge >= 0.3 is 0 Å². The summed E-state index contributed by atoms with van der Waals surface area (Å²) in [7, 11) is 0. The van der Waals surface area contributed by atoms with Crippen molar-refractivity contribution in [1.29, 1.82) is 0 Å². The lowest BCUT2D eigenvalue weighted by Crippen LogP contribution is -2.43. The number of hydrogen-bond acceptors (Lipinski definition) is 4. The Balaban J connectivity index is 1.79. The van der Waals surface area contributed by atoms with E-state index in [4.69, 9.17) is 5.11 Å². The van der Waals surface area contributed by atoms with E-state index in [0.717, 1.165) is 11.0 Å². The maximum Gasteiger partial charge on any atom is 0.0972 e. The second-order valence-electron chi connectivity index (χ2n) is 6.58. The standard InChI is InChI=1S/C19H24N2O3/c1-19(24,13-22)12-20-10-14(23)11-21-17-8-4-2-6-15(17)16-7-3-5-9-18(16)21/h2-9,14,20,22-24H,10-13H2,1H3. The number of hydrogen-bond donors (Lipinski definition) is 4. The number of rotatable bonds is 7. The first-order valence-corrected chi connectivity index (χ1v) is 8.20. The van der Waals surface area contributed by atoms with Gasteiger partial charge in [-0.1, -0.05) is 36.4 Å². The van der Waals surface area contributed by atoms with Crippen molar-refractivity contribution in [3.63, 3.8) is 0 Å². The zero-order valence-electron chi connectivity index (χ0n) is 13.8. The van der Waals surface area contributed by atoms with E-state index in [2.05, 4.69) is 34.1 Å². The van der Waals surface area contributed by atoms with Crippen molar-refractivity contribution in [3.05, 3.63) is 48.5 Å². The van der Waals surface area contributed by atoms with Gasteiger partial charge in [-0.3, -0.25) is 0 Å². The Bertz CT molecular complexity index is 772. The van der Waals surface area contributed by atoms with Gasteiger partial charge in [-0.05, 0) is 19.1 Å². The molecule has 24 heavy (non-hydrogen) atoms. The molecule has 0 aliphatic heterocycles. The number of aromatic nitrogens is 1. The van der Waals surface area contributed by atoms with Crippen LogP contribution in [0.1, 0.15) is 6.92 Å². The fourth-order valence-electron chi connectivity index (χ4n) is 3.04. The lowest BCUT2D eigenvalue weighted by molar-refractivity contribution is 0.000500. The number of benzene rings is 2. The van der Waals surface area contributed by atoms with Crippen LogP contribution in [-0.2, 0) is 6.54 Å². The predicted octanol–water partition coefficient (Wildman–Crippen LogP) is 1.49. The molecular formula is C19H24N2O3. The average Bonchev–Trinajstić information content (AvgIpc) is 2.89. The molecule has 4 N–H and O–H groups in total. The third-order valence-electron chi connectivity index (χ3n) is 4.30. The van der Waals surface area contributed by atoms with Gasteiger partial charge in [0.25, 0.3) is 0 Å². The van der Waals surface area contributed by atoms with E-state index in [9.17, 15) is 10.2 Å². The predicted molar refractivity (Wildman–Crippen MR) is 96.0 cm³/mol. The molecule has 0 aliphatic rings. The maximum atomic E-state index is 10.4. The average molecular weight is 328 g/mol. The molecule has 5 nitrogen and oxygen atoms in total. The van der Waals surface area contributed by atoms with Crippen LogP contribution >= 0.6 is 0 Å². The van der Waals surface area contributed by atoms with Gasteiger partial charge < -0.3 is 25.2 Å². The molecular weight excluding hydrogens is 304 g/mol. The summed E-state index contributed by atoms with van der Waals surface area (Å²) in [5.41, 5.74) is 1.02. The molecule has 2 atom stereocenters. The summed E-state index contributed by atoms with van der Waals surface area (Å²) in [6.45, 7) is 2.27. The fourth-order valence-corrected chi connectivity index (χ4v) is 3.04. The number of nitrogens with one attached hydrogen (secondary N) is 1. The SMILES string of the molecule is CC(O)(CO)CNCC(O)Cn1c2ccccc2c2ccccc21. The summed E-state index contributed by atoms with van der Waals surface area (Å²) in [6.07, 6.45) is -0.598. The van der Waals surface area contributed by atoms with Crippen LogP contribution in [-0.4, -0.2) is 51.3 Å². The second-order valence-corrected chi connectivity index (χ2v) is 6.58. The minimum absolute atomic E-state index is 0.230. The molecule has 0 saturated heterocycles. The van der Waals surface area contributed by atoms with Crippen LogP contribution in [0.3, 0.4) is 0 Å². The van der Waals surface area contributed by atoms with Crippen molar-refractivity contribution in [1.82, 2.24) is 9.88 Å². The lowest BCUT2D eigenvalue weighted by Gasteiger charge is -2.22. The Labute approximate surface area is 141 Å². The van der Waals surface area contributed by atoms with Crippen LogP contribution in [0.15, 0.2) is 48.5 Å². The Morgan fingerprint density at radius 2 is 1.58 bits per heavy atom. The van der Waals surface area contributed by atoms with Crippen LogP contribution in [0, 0.1) is 0 Å². The first-order chi connectivity index (χ1) is 11.5. The van der Waals surface area contributed by atoms with E-state index in [1.807, 2.05) is 24.3 Å². The Morgan fingerprint density at radius 3 is 2.12 bits per heavy atom. The third-order valence-corrected chi connectivity index (χ3v) is 4.30. The van der Waals surface area contributed by atoms with Crippen molar-refractivity contribution >= 4 is 21.8 Å². The first-order valence-electron chi connectivity index (χ1n) is 8.20. The van der Waals surface area contributed by atoms with Crippen LogP contribution in [0.2, 0.25) is 0 Å². The molecule has 3 aromatic rings. The molecule has 1 heterocycles. The normalized spacial score (nSPS) is 15.7. The molecule has 0 fully saturated rings. The van der Waals surface area contributed by atoms with Crippen LogP contribution in [0.5, 0.6) is 0 Å². The van der Waals surface area contributed by atoms with Gasteiger partial charge in [0, 0.05) is 34.9 Å². The molecule has 0 spiro atoms. The molecule has 3 rings (SSSR count). The van der Waals surface area contributed by atoms with Gasteiger partial charge in [0.05, 0.1) is 24.9 Å². The van der Waals surface area contributed by atoms with Gasteiger partial charge in [-0.15, -0.1) is 0 Å². The maximum absolute atomic E-state index is 10.4. The highest BCUT2D eigenvalue weighted by molar-refractivity contribution is 6.07. The molecule has 0 saturated carbocycles. The number of aliphatic hydroxyl groups is 3. The smallest absolute Gasteiger partial charge is 0.0972 e. The fraction of sp³-hybridized carbons (Fsp3) is 0.368. The van der Waals surface area contributed by atoms with E-state index >= 15 is 0 Å². The number of nitrogens with zero attached hydrogens (tertiary/aromatic N) is 1. The molecule has 5 heteroatoms. The molecule has 0 bridgehead atoms. The molecule has 1 aromatic heterocycles. The van der Waals surface area contributed by atoms with Crippen molar-refractivity contribution in [2.45, 2.75) is 25.2 Å². The van der Waals surface area contributed by atoms with E-state index in [1.165, 1.54) is 10.8 Å². The van der Waals surface area contributed by atoms with E-state index in [1.54, 1.807) is 6.92 Å². The van der Waals surface area contributed by atoms with Crippen molar-refractivity contribution < 1.29 is 15.3 Å². The molecule has 2 unspecified atom stereocenters. The van der Waals surface area contributed by atoms with Crippen LogP contribution in [0.25, 0.3) is 21.8 Å². The molecule has 128 valence electrons. The summed E-state index contributed by atoms with van der Waals surface area (Å²) in [5, 5.41) is 34.6. The highest BCUT2D eigenvalue weighted by Crippen LogP contribution is 2.28. The molecule has 0 aliphatic carbocycles. The van der Waals surface area contributed by atoms with Gasteiger partial charge in [0.2, 0.25) is 0 Å². The minimum Gasteiger partial charge on any atom is -0.393 e. The van der Waals surface area contributed by atoms with Crippen molar-refractivity contribution in [3.8, 4) is 0 Å². The summed E-state index contributed by atoms with van der Waals surface area (Å²) < 4.78 is 2.13. The minimum atomic E-state index is -1.17. The zero-order valence-corrected chi connectivity index (χ0v) is 13.8. The van der Waals surface area contributed by atoms with E-state index in [0.29, 0.717) is 13.1 Å². The lowest BCUT2D eigenvalue weighted by atomic mass is 10.1. The Hall–Kier alpha value is -1.92. The number of fused-ring (bicyclic) bond motifs is 3. The quantitative estimate of drug-likeness (QED) is 0.530. The number of para-hydroxylation sites is 2. The highest BCUT2D eigenvalue weighted by atomic mass is 16.3. The molecule has 0 radical (unpaired) electrons. The zero-order chi connectivity index (χ0) is 17.2. The Morgan fingerprint density at radius 1 is 1.04 bits per heavy atom. The summed E-state index contributed by atoms with van der Waals surface area (Å²) in [6, 6.07) is 16.4. The Kier molecular flexibility index (Phi) is 4.87. The topological polar surface area (TPSA) is 77.7 Å². The van der Waals surface area contributed by atoms with Crippen LogP contribution in [0.4, 0.5) is 0 Å². The van der Waals surface area contributed by atoms with Gasteiger partial charge in [-0.2, -0.15) is 0 Å². The highest BCUT2D eigenvalue weighted by Gasteiger charge is 2.19.